The Hall–Kier alpha value is -5.20. The molecule has 0 heteroatoms. The number of hydrogen-bond donors (Lipinski definition) is 0. The predicted octanol–water partition coefficient (Wildman–Crippen LogP) is 11.1. The average Bonchev–Trinajstić information content (AvgIpc) is 3.05. The minimum atomic E-state index is 0.973. The summed E-state index contributed by atoms with van der Waals surface area (Å²) in [5.74, 6) is 0. The molecule has 0 amide bonds. The Morgan fingerprint density at radius 2 is 0.700 bits per heavy atom. The molecule has 6 rings (SSSR count). The SMILES string of the molecule is C=C(/C=C/c1cc(-c2ccccc2)cc(-c2ccccc2)c1)c1cc(-c2ccccc2)cc(-c2ccccc2)c1. The topological polar surface area (TPSA) is 0 Å². The summed E-state index contributed by atoms with van der Waals surface area (Å²) in [6.45, 7) is 4.48. The van der Waals surface area contributed by atoms with Gasteiger partial charge < -0.3 is 0 Å². The fourth-order valence-electron chi connectivity index (χ4n) is 5.04. The van der Waals surface area contributed by atoms with Crippen LogP contribution in [0.5, 0.6) is 0 Å². The van der Waals surface area contributed by atoms with E-state index in [1.165, 1.54) is 44.5 Å². The molecule has 190 valence electrons. The van der Waals surface area contributed by atoms with E-state index in [0.717, 1.165) is 16.7 Å². The summed E-state index contributed by atoms with van der Waals surface area (Å²) in [5.41, 5.74) is 12.8. The second kappa shape index (κ2) is 11.7. The van der Waals surface area contributed by atoms with Gasteiger partial charge in [-0.2, -0.15) is 0 Å². The molecule has 0 saturated heterocycles. The fourth-order valence-corrected chi connectivity index (χ4v) is 5.04. The summed E-state index contributed by atoms with van der Waals surface area (Å²) >= 11 is 0. The van der Waals surface area contributed by atoms with E-state index < -0.39 is 0 Å². The molecule has 0 saturated carbocycles. The number of benzene rings is 6. The van der Waals surface area contributed by atoms with Crippen LogP contribution in [0, 0.1) is 0 Å². The molecule has 0 aromatic heterocycles. The van der Waals surface area contributed by atoms with Crippen molar-refractivity contribution in [3.05, 3.63) is 182 Å². The molecule has 0 heterocycles. The molecule has 0 fully saturated rings. The van der Waals surface area contributed by atoms with Crippen molar-refractivity contribution in [1.29, 1.82) is 0 Å². The first-order valence-corrected chi connectivity index (χ1v) is 13.6. The lowest BCUT2D eigenvalue weighted by Crippen LogP contribution is -1.88. The van der Waals surface area contributed by atoms with Crippen molar-refractivity contribution in [3.63, 3.8) is 0 Å². The normalized spacial score (nSPS) is 11.0. The molecule has 0 radical (unpaired) electrons. The maximum Gasteiger partial charge on any atom is -0.0172 e. The minimum absolute atomic E-state index is 0.973. The van der Waals surface area contributed by atoms with Crippen LogP contribution in [-0.4, -0.2) is 0 Å². The van der Waals surface area contributed by atoms with Gasteiger partial charge in [-0.3, -0.25) is 0 Å². The van der Waals surface area contributed by atoms with Gasteiger partial charge in [-0.1, -0.05) is 140 Å². The third-order valence-electron chi connectivity index (χ3n) is 7.16. The first kappa shape index (κ1) is 25.1. The molecule has 0 N–H and O–H groups in total. The van der Waals surface area contributed by atoms with Crippen LogP contribution in [0.3, 0.4) is 0 Å². The van der Waals surface area contributed by atoms with Gasteiger partial charge in [0, 0.05) is 0 Å². The minimum Gasteiger partial charge on any atom is -0.0912 e. The van der Waals surface area contributed by atoms with Crippen LogP contribution < -0.4 is 0 Å². The quantitative estimate of drug-likeness (QED) is 0.187. The third kappa shape index (κ3) is 5.77. The molecular weight excluding hydrogens is 480 g/mol. The number of allylic oxidation sites excluding steroid dienone is 2. The van der Waals surface area contributed by atoms with Crippen LogP contribution in [0.25, 0.3) is 56.2 Å². The largest absolute Gasteiger partial charge is 0.0912 e. The first-order valence-electron chi connectivity index (χ1n) is 13.6. The monoisotopic (exact) mass is 510 g/mol. The van der Waals surface area contributed by atoms with E-state index in [2.05, 4.69) is 176 Å². The van der Waals surface area contributed by atoms with Crippen LogP contribution >= 0.6 is 0 Å². The molecule has 0 spiro atoms. The highest BCUT2D eigenvalue weighted by atomic mass is 14.1. The molecule has 0 aliphatic carbocycles. The zero-order valence-corrected chi connectivity index (χ0v) is 22.4. The Morgan fingerprint density at radius 3 is 1.05 bits per heavy atom. The molecular formula is C40H30. The van der Waals surface area contributed by atoms with Crippen molar-refractivity contribution in [2.24, 2.45) is 0 Å². The van der Waals surface area contributed by atoms with Crippen molar-refractivity contribution in [2.45, 2.75) is 0 Å². The highest BCUT2D eigenvalue weighted by Crippen LogP contribution is 2.32. The van der Waals surface area contributed by atoms with E-state index in [0.29, 0.717) is 0 Å². The van der Waals surface area contributed by atoms with Gasteiger partial charge >= 0.3 is 0 Å². The van der Waals surface area contributed by atoms with E-state index >= 15 is 0 Å². The van der Waals surface area contributed by atoms with Gasteiger partial charge in [0.1, 0.15) is 0 Å². The summed E-state index contributed by atoms with van der Waals surface area (Å²) in [6.07, 6.45) is 4.32. The van der Waals surface area contributed by atoms with Crippen molar-refractivity contribution >= 4 is 11.6 Å². The van der Waals surface area contributed by atoms with Gasteiger partial charge in [-0.15, -0.1) is 0 Å². The fraction of sp³-hybridized carbons (Fsp3) is 0. The van der Waals surface area contributed by atoms with Gasteiger partial charge in [-0.05, 0) is 97.6 Å². The lowest BCUT2D eigenvalue weighted by Gasteiger charge is -2.12. The Kier molecular flexibility index (Phi) is 7.33. The van der Waals surface area contributed by atoms with Crippen molar-refractivity contribution in [1.82, 2.24) is 0 Å². The van der Waals surface area contributed by atoms with E-state index in [1.54, 1.807) is 0 Å². The molecule has 40 heavy (non-hydrogen) atoms. The number of hydrogen-bond acceptors (Lipinski definition) is 0. The van der Waals surface area contributed by atoms with E-state index in [9.17, 15) is 0 Å². The highest BCUT2D eigenvalue weighted by molar-refractivity contribution is 5.85. The molecule has 0 nitrogen and oxygen atoms in total. The maximum atomic E-state index is 4.48. The zero-order valence-electron chi connectivity index (χ0n) is 22.4. The maximum absolute atomic E-state index is 4.48. The molecule has 0 aliphatic rings. The van der Waals surface area contributed by atoms with Gasteiger partial charge in [-0.25, -0.2) is 0 Å². The molecule has 0 aliphatic heterocycles. The van der Waals surface area contributed by atoms with Crippen LogP contribution in [0.15, 0.2) is 170 Å². The summed E-state index contributed by atoms with van der Waals surface area (Å²) in [6, 6.07) is 55.7. The Balaban J connectivity index is 1.39. The van der Waals surface area contributed by atoms with Crippen LogP contribution in [-0.2, 0) is 0 Å². The van der Waals surface area contributed by atoms with Gasteiger partial charge in [0.15, 0.2) is 0 Å². The lowest BCUT2D eigenvalue weighted by atomic mass is 9.93. The average molecular weight is 511 g/mol. The smallest absolute Gasteiger partial charge is 0.0172 e. The Bertz CT molecular complexity index is 1650. The van der Waals surface area contributed by atoms with Crippen molar-refractivity contribution in [2.75, 3.05) is 0 Å². The van der Waals surface area contributed by atoms with Crippen LogP contribution in [0.1, 0.15) is 11.1 Å². The first-order chi connectivity index (χ1) is 19.7. The van der Waals surface area contributed by atoms with Gasteiger partial charge in [0.05, 0.1) is 0 Å². The van der Waals surface area contributed by atoms with Crippen molar-refractivity contribution < 1.29 is 0 Å². The third-order valence-corrected chi connectivity index (χ3v) is 7.16. The standard InChI is InChI=1S/C40H30/c1-30(36-26-39(34-18-10-4-11-19-34)29-40(27-36)35-20-12-5-13-21-35)22-23-31-24-37(32-14-6-2-7-15-32)28-38(25-31)33-16-8-3-9-17-33/h2-29H,1H2/b23-22+. The van der Waals surface area contributed by atoms with Crippen molar-refractivity contribution in [3.8, 4) is 44.5 Å². The Labute approximate surface area is 237 Å². The summed E-state index contributed by atoms with van der Waals surface area (Å²) in [4.78, 5) is 0. The molecule has 0 bridgehead atoms. The van der Waals surface area contributed by atoms with E-state index in [-0.39, 0.29) is 0 Å². The lowest BCUT2D eigenvalue weighted by molar-refractivity contribution is 1.55. The Morgan fingerprint density at radius 1 is 0.375 bits per heavy atom. The molecule has 6 aromatic rings. The second-order valence-electron chi connectivity index (χ2n) is 9.97. The summed E-state index contributed by atoms with van der Waals surface area (Å²) in [5, 5.41) is 0. The van der Waals surface area contributed by atoms with Crippen LogP contribution in [0.4, 0.5) is 0 Å². The zero-order chi connectivity index (χ0) is 27.1. The van der Waals surface area contributed by atoms with E-state index in [4.69, 9.17) is 0 Å². The summed E-state index contributed by atoms with van der Waals surface area (Å²) < 4.78 is 0. The molecule has 6 aromatic carbocycles. The van der Waals surface area contributed by atoms with Crippen LogP contribution in [0.2, 0.25) is 0 Å². The predicted molar refractivity (Wildman–Crippen MR) is 173 cm³/mol. The second-order valence-corrected chi connectivity index (χ2v) is 9.97. The molecule has 0 atom stereocenters. The number of rotatable bonds is 7. The van der Waals surface area contributed by atoms with E-state index in [1.807, 2.05) is 0 Å². The summed E-state index contributed by atoms with van der Waals surface area (Å²) in [7, 11) is 0. The van der Waals surface area contributed by atoms with Gasteiger partial charge in [0.2, 0.25) is 0 Å². The molecule has 0 unspecified atom stereocenters. The highest BCUT2D eigenvalue weighted by Gasteiger charge is 2.08. The van der Waals surface area contributed by atoms with Gasteiger partial charge in [0.25, 0.3) is 0 Å².